The van der Waals surface area contributed by atoms with Crippen LogP contribution in [0, 0.1) is 0 Å². The zero-order valence-electron chi connectivity index (χ0n) is 14.0. The monoisotopic (exact) mass is 313 g/mol. The number of rotatable bonds is 3. The molecule has 5 heteroatoms. The molecule has 2 rings (SSSR count). The highest BCUT2D eigenvalue weighted by Gasteiger charge is 2.20. The Bertz CT molecular complexity index is 678. The largest absolute Gasteiger partial charge is 0.444 e. The van der Waals surface area contributed by atoms with Crippen molar-refractivity contribution in [3.05, 3.63) is 48.3 Å². The summed E-state index contributed by atoms with van der Waals surface area (Å²) in [5.41, 5.74) is 8.98. The van der Waals surface area contributed by atoms with E-state index < -0.39 is 5.60 Å². The average molecular weight is 313 g/mol. The fourth-order valence-electron chi connectivity index (χ4n) is 2.21. The first-order valence-electron chi connectivity index (χ1n) is 7.49. The molecule has 5 nitrogen and oxygen atoms in total. The van der Waals surface area contributed by atoms with Crippen molar-refractivity contribution < 1.29 is 9.53 Å². The zero-order valence-corrected chi connectivity index (χ0v) is 14.0. The summed E-state index contributed by atoms with van der Waals surface area (Å²) in [4.78, 5) is 17.8. The van der Waals surface area contributed by atoms with E-state index in [1.165, 1.54) is 0 Å². The molecule has 1 aromatic heterocycles. The van der Waals surface area contributed by atoms with Gasteiger partial charge in [-0.05, 0) is 50.1 Å². The summed E-state index contributed by atoms with van der Waals surface area (Å²) in [6, 6.07) is 9.54. The van der Waals surface area contributed by atoms with Crippen molar-refractivity contribution in [1.82, 2.24) is 9.88 Å². The van der Waals surface area contributed by atoms with Crippen LogP contribution in [0.2, 0.25) is 0 Å². The van der Waals surface area contributed by atoms with Crippen LogP contribution in [0.1, 0.15) is 26.3 Å². The van der Waals surface area contributed by atoms with Crippen molar-refractivity contribution in [2.45, 2.75) is 32.9 Å². The van der Waals surface area contributed by atoms with Crippen molar-refractivity contribution >= 4 is 11.8 Å². The highest BCUT2D eigenvalue weighted by molar-refractivity contribution is 5.71. The van der Waals surface area contributed by atoms with Gasteiger partial charge in [-0.15, -0.1) is 0 Å². The Kier molecular flexibility index (Phi) is 4.89. The van der Waals surface area contributed by atoms with Crippen LogP contribution < -0.4 is 5.73 Å². The Morgan fingerprint density at radius 1 is 1.30 bits per heavy atom. The van der Waals surface area contributed by atoms with Crippen molar-refractivity contribution in [3.63, 3.8) is 0 Å². The van der Waals surface area contributed by atoms with Crippen molar-refractivity contribution in [3.8, 4) is 11.1 Å². The normalized spacial score (nSPS) is 11.1. The molecule has 2 N–H and O–H groups in total. The molecule has 23 heavy (non-hydrogen) atoms. The molecule has 0 unspecified atom stereocenters. The van der Waals surface area contributed by atoms with Crippen LogP contribution in [0.5, 0.6) is 0 Å². The lowest BCUT2D eigenvalue weighted by molar-refractivity contribution is 0.0285. The number of aromatic nitrogens is 1. The van der Waals surface area contributed by atoms with Crippen LogP contribution in [0.3, 0.4) is 0 Å². The molecule has 0 saturated heterocycles. The Hall–Kier alpha value is -2.56. The second-order valence-corrected chi connectivity index (χ2v) is 6.49. The summed E-state index contributed by atoms with van der Waals surface area (Å²) in [5.74, 6) is 0. The van der Waals surface area contributed by atoms with E-state index in [1.54, 1.807) is 24.3 Å². The second-order valence-electron chi connectivity index (χ2n) is 6.49. The van der Waals surface area contributed by atoms with E-state index in [-0.39, 0.29) is 6.09 Å². The number of carbonyl (C=O) groups excluding carboxylic acids is 1. The van der Waals surface area contributed by atoms with E-state index in [9.17, 15) is 4.79 Å². The number of carbonyl (C=O) groups is 1. The van der Waals surface area contributed by atoms with E-state index in [0.717, 1.165) is 16.7 Å². The molecule has 0 radical (unpaired) electrons. The highest BCUT2D eigenvalue weighted by Crippen LogP contribution is 2.26. The first-order valence-corrected chi connectivity index (χ1v) is 7.49. The van der Waals surface area contributed by atoms with E-state index in [4.69, 9.17) is 10.5 Å². The number of hydrogen-bond donors (Lipinski definition) is 1. The maximum Gasteiger partial charge on any atom is 0.410 e. The van der Waals surface area contributed by atoms with Gasteiger partial charge >= 0.3 is 6.09 Å². The molecule has 0 atom stereocenters. The second kappa shape index (κ2) is 6.69. The van der Waals surface area contributed by atoms with Crippen LogP contribution >= 0.6 is 0 Å². The quantitative estimate of drug-likeness (QED) is 0.877. The van der Waals surface area contributed by atoms with Crippen molar-refractivity contribution in [2.24, 2.45) is 0 Å². The van der Waals surface area contributed by atoms with Gasteiger partial charge in [-0.25, -0.2) is 4.79 Å². The molecule has 1 amide bonds. The topological polar surface area (TPSA) is 68.5 Å². The minimum Gasteiger partial charge on any atom is -0.444 e. The zero-order chi connectivity index (χ0) is 17.0. The number of anilines is 1. The maximum absolute atomic E-state index is 12.2. The Balaban J connectivity index is 2.26. The lowest BCUT2D eigenvalue weighted by Crippen LogP contribution is -2.33. The minimum absolute atomic E-state index is 0.364. The number of nitrogens with two attached hydrogens (primary N) is 1. The van der Waals surface area contributed by atoms with Crippen molar-refractivity contribution in [1.29, 1.82) is 0 Å². The van der Waals surface area contributed by atoms with Crippen molar-refractivity contribution in [2.75, 3.05) is 12.8 Å². The van der Waals surface area contributed by atoms with Gasteiger partial charge in [0.1, 0.15) is 5.60 Å². The standard InChI is InChI=1S/C18H23N3O2/c1-18(2,3)23-17(22)21(4)12-14-10-15(19)7-8-16(14)13-6-5-9-20-11-13/h5-11H,12,19H2,1-4H3. The number of nitrogen functional groups attached to an aromatic ring is 1. The predicted octanol–water partition coefficient (Wildman–Crippen LogP) is 3.70. The smallest absolute Gasteiger partial charge is 0.410 e. The summed E-state index contributed by atoms with van der Waals surface area (Å²) >= 11 is 0. The van der Waals surface area contributed by atoms with Gasteiger partial charge in [-0.3, -0.25) is 4.98 Å². The van der Waals surface area contributed by atoms with Gasteiger partial charge in [0.05, 0.1) is 0 Å². The summed E-state index contributed by atoms with van der Waals surface area (Å²) in [7, 11) is 1.71. The van der Waals surface area contributed by atoms with Gasteiger partial charge < -0.3 is 15.4 Å². The maximum atomic E-state index is 12.2. The van der Waals surface area contributed by atoms with Gasteiger partial charge in [-0.2, -0.15) is 0 Å². The summed E-state index contributed by atoms with van der Waals surface area (Å²) in [5, 5.41) is 0. The average Bonchev–Trinajstić information content (AvgIpc) is 2.46. The fraction of sp³-hybridized carbons (Fsp3) is 0.333. The molecule has 2 aromatic rings. The van der Waals surface area contributed by atoms with E-state index in [0.29, 0.717) is 12.2 Å². The molecular formula is C18H23N3O2. The first kappa shape index (κ1) is 16.8. The molecule has 0 aliphatic heterocycles. The molecule has 0 aliphatic rings. The third-order valence-electron chi connectivity index (χ3n) is 3.21. The van der Waals surface area contributed by atoms with E-state index in [2.05, 4.69) is 4.98 Å². The molecule has 0 bridgehead atoms. The lowest BCUT2D eigenvalue weighted by atomic mass is 10.00. The van der Waals surface area contributed by atoms with Gasteiger partial charge in [0.25, 0.3) is 0 Å². The summed E-state index contributed by atoms with van der Waals surface area (Å²) in [6.07, 6.45) is 3.16. The minimum atomic E-state index is -0.521. The predicted molar refractivity (Wildman–Crippen MR) is 91.8 cm³/mol. The number of benzene rings is 1. The third-order valence-corrected chi connectivity index (χ3v) is 3.21. The number of pyridine rings is 1. The molecule has 0 aliphatic carbocycles. The first-order chi connectivity index (χ1) is 10.8. The number of hydrogen-bond acceptors (Lipinski definition) is 4. The lowest BCUT2D eigenvalue weighted by Gasteiger charge is -2.25. The molecule has 0 fully saturated rings. The van der Waals surface area contributed by atoms with Crippen LogP contribution in [0.15, 0.2) is 42.7 Å². The summed E-state index contributed by atoms with van der Waals surface area (Å²) < 4.78 is 5.39. The fourth-order valence-corrected chi connectivity index (χ4v) is 2.21. The number of amides is 1. The number of ether oxygens (including phenoxy) is 1. The van der Waals surface area contributed by atoms with Gasteiger partial charge in [0.15, 0.2) is 0 Å². The van der Waals surface area contributed by atoms with Gasteiger partial charge in [-0.1, -0.05) is 12.1 Å². The van der Waals surface area contributed by atoms with E-state index >= 15 is 0 Å². The Morgan fingerprint density at radius 3 is 2.65 bits per heavy atom. The van der Waals surface area contributed by atoms with Crippen LogP contribution in [-0.2, 0) is 11.3 Å². The molecule has 1 aromatic carbocycles. The van der Waals surface area contributed by atoms with Gasteiger partial charge in [0, 0.05) is 37.2 Å². The third kappa shape index (κ3) is 4.71. The number of nitrogens with zero attached hydrogens (tertiary/aromatic N) is 2. The molecule has 0 spiro atoms. The van der Waals surface area contributed by atoms with Crippen LogP contribution in [0.4, 0.5) is 10.5 Å². The SMILES string of the molecule is CN(Cc1cc(N)ccc1-c1cccnc1)C(=O)OC(C)(C)C. The highest BCUT2D eigenvalue weighted by atomic mass is 16.6. The molecular weight excluding hydrogens is 290 g/mol. The molecule has 122 valence electrons. The van der Waals surface area contributed by atoms with E-state index in [1.807, 2.05) is 51.1 Å². The van der Waals surface area contributed by atoms with Crippen LogP contribution in [-0.4, -0.2) is 28.6 Å². The molecule has 0 saturated carbocycles. The Labute approximate surface area is 137 Å². The van der Waals surface area contributed by atoms with Crippen LogP contribution in [0.25, 0.3) is 11.1 Å². The molecule has 1 heterocycles. The Morgan fingerprint density at radius 2 is 2.04 bits per heavy atom. The summed E-state index contributed by atoms with van der Waals surface area (Å²) in [6.45, 7) is 5.95. The van der Waals surface area contributed by atoms with Gasteiger partial charge in [0.2, 0.25) is 0 Å².